The van der Waals surface area contributed by atoms with E-state index in [9.17, 15) is 0 Å². The molecule has 1 aromatic heterocycles. The van der Waals surface area contributed by atoms with Gasteiger partial charge in [-0.3, -0.25) is 0 Å². The molecule has 0 saturated carbocycles. The van der Waals surface area contributed by atoms with E-state index in [0.717, 1.165) is 12.3 Å². The summed E-state index contributed by atoms with van der Waals surface area (Å²) in [6.45, 7) is 7.92. The molecule has 0 radical (unpaired) electrons. The Labute approximate surface area is 102 Å². The van der Waals surface area contributed by atoms with Crippen molar-refractivity contribution in [2.24, 2.45) is 5.73 Å². The minimum atomic E-state index is 0.640. The van der Waals surface area contributed by atoms with Gasteiger partial charge in [-0.25, -0.2) is 0 Å². The fourth-order valence-electron chi connectivity index (χ4n) is 2.54. The third kappa shape index (κ3) is 1.71. The van der Waals surface area contributed by atoms with Gasteiger partial charge in [0.15, 0.2) is 0 Å². The lowest BCUT2D eigenvalue weighted by Gasteiger charge is -2.10. The van der Waals surface area contributed by atoms with Gasteiger partial charge >= 0.3 is 0 Å². The zero-order valence-corrected chi connectivity index (χ0v) is 11.0. The van der Waals surface area contributed by atoms with E-state index in [1.165, 1.54) is 27.7 Å². The number of rotatable bonds is 3. The van der Waals surface area contributed by atoms with Gasteiger partial charge in [-0.1, -0.05) is 6.07 Å². The summed E-state index contributed by atoms with van der Waals surface area (Å²) in [6.07, 6.45) is 0. The summed E-state index contributed by atoms with van der Waals surface area (Å²) in [5.74, 6) is 0.926. The summed E-state index contributed by atoms with van der Waals surface area (Å²) in [5.41, 5.74) is 10.8. The van der Waals surface area contributed by atoms with Gasteiger partial charge in [0.1, 0.15) is 5.75 Å². The number of aryl methyl sites for hydroxylation is 2. The first-order valence-electron chi connectivity index (χ1n) is 5.94. The van der Waals surface area contributed by atoms with Crippen LogP contribution in [0.4, 0.5) is 0 Å². The molecule has 0 aliphatic carbocycles. The fourth-order valence-corrected chi connectivity index (χ4v) is 2.54. The predicted octanol–water partition coefficient (Wildman–Crippen LogP) is 2.53. The number of fused-ring (bicyclic) bond motifs is 1. The van der Waals surface area contributed by atoms with Gasteiger partial charge in [-0.2, -0.15) is 0 Å². The van der Waals surface area contributed by atoms with Crippen molar-refractivity contribution in [2.75, 3.05) is 13.7 Å². The molecule has 0 unspecified atom stereocenters. The van der Waals surface area contributed by atoms with Gasteiger partial charge in [0.25, 0.3) is 0 Å². The molecule has 0 aliphatic rings. The van der Waals surface area contributed by atoms with Crippen LogP contribution in [0.25, 0.3) is 10.9 Å². The molecular weight excluding hydrogens is 212 g/mol. The normalized spacial score (nSPS) is 11.1. The number of methoxy groups -OCH3 is 1. The Morgan fingerprint density at radius 1 is 1.24 bits per heavy atom. The summed E-state index contributed by atoms with van der Waals surface area (Å²) < 4.78 is 7.74. The zero-order valence-electron chi connectivity index (χ0n) is 11.0. The topological polar surface area (TPSA) is 40.2 Å². The molecule has 3 heteroatoms. The second-order valence-corrected chi connectivity index (χ2v) is 4.46. The van der Waals surface area contributed by atoms with Crippen LogP contribution in [0, 0.1) is 20.8 Å². The summed E-state index contributed by atoms with van der Waals surface area (Å²) in [4.78, 5) is 0. The van der Waals surface area contributed by atoms with E-state index in [1.54, 1.807) is 7.11 Å². The lowest BCUT2D eigenvalue weighted by atomic mass is 10.1. The lowest BCUT2D eigenvalue weighted by molar-refractivity contribution is 0.417. The number of aromatic nitrogens is 1. The van der Waals surface area contributed by atoms with E-state index < -0.39 is 0 Å². The summed E-state index contributed by atoms with van der Waals surface area (Å²) in [6, 6.07) is 4.14. The van der Waals surface area contributed by atoms with Crippen LogP contribution in [0.15, 0.2) is 12.1 Å². The van der Waals surface area contributed by atoms with Crippen LogP contribution in [0.5, 0.6) is 5.75 Å². The standard InChI is InChI=1S/C14H20N2O/c1-9-5-6-12(17-4)14-13(9)10(2)11(3)16(14)8-7-15/h5-6H,7-8,15H2,1-4H3. The zero-order chi connectivity index (χ0) is 12.6. The molecule has 0 bridgehead atoms. The summed E-state index contributed by atoms with van der Waals surface area (Å²) in [5, 5.41) is 1.30. The van der Waals surface area contributed by atoms with Gasteiger partial charge in [-0.05, 0) is 38.0 Å². The lowest BCUT2D eigenvalue weighted by Crippen LogP contribution is -2.11. The minimum absolute atomic E-state index is 0.640. The van der Waals surface area contributed by atoms with Crippen molar-refractivity contribution in [1.29, 1.82) is 0 Å². The van der Waals surface area contributed by atoms with Crippen LogP contribution in [0.2, 0.25) is 0 Å². The number of nitrogens with zero attached hydrogens (tertiary/aromatic N) is 1. The van der Waals surface area contributed by atoms with Crippen molar-refractivity contribution >= 4 is 10.9 Å². The SMILES string of the molecule is COc1ccc(C)c2c(C)c(C)n(CCN)c12. The molecule has 1 aromatic carbocycles. The fraction of sp³-hybridized carbons (Fsp3) is 0.429. The Hall–Kier alpha value is -1.48. The molecule has 2 N–H and O–H groups in total. The van der Waals surface area contributed by atoms with Gasteiger partial charge in [0.05, 0.1) is 12.6 Å². The average molecular weight is 232 g/mol. The van der Waals surface area contributed by atoms with E-state index in [4.69, 9.17) is 10.5 Å². The molecule has 2 rings (SSSR count). The van der Waals surface area contributed by atoms with E-state index in [1.807, 2.05) is 6.07 Å². The maximum atomic E-state index is 5.70. The molecule has 2 aromatic rings. The van der Waals surface area contributed by atoms with Crippen molar-refractivity contribution in [3.63, 3.8) is 0 Å². The van der Waals surface area contributed by atoms with Gasteiger partial charge in [-0.15, -0.1) is 0 Å². The Bertz CT molecular complexity index is 555. The Morgan fingerprint density at radius 2 is 1.94 bits per heavy atom. The first kappa shape index (κ1) is 12.0. The van der Waals surface area contributed by atoms with Crippen LogP contribution in [0.3, 0.4) is 0 Å². The minimum Gasteiger partial charge on any atom is -0.495 e. The molecule has 3 nitrogen and oxygen atoms in total. The molecule has 0 saturated heterocycles. The highest BCUT2D eigenvalue weighted by molar-refractivity contribution is 5.93. The number of hydrogen-bond donors (Lipinski definition) is 1. The highest BCUT2D eigenvalue weighted by Gasteiger charge is 2.15. The highest BCUT2D eigenvalue weighted by atomic mass is 16.5. The third-order valence-corrected chi connectivity index (χ3v) is 3.51. The van der Waals surface area contributed by atoms with E-state index in [2.05, 4.69) is 31.4 Å². The molecule has 1 heterocycles. The number of ether oxygens (including phenoxy) is 1. The van der Waals surface area contributed by atoms with Crippen LogP contribution in [-0.2, 0) is 6.54 Å². The number of hydrogen-bond acceptors (Lipinski definition) is 2. The van der Waals surface area contributed by atoms with E-state index in [-0.39, 0.29) is 0 Å². The van der Waals surface area contributed by atoms with Gasteiger partial charge in [0, 0.05) is 24.2 Å². The average Bonchev–Trinajstić information content (AvgIpc) is 2.57. The van der Waals surface area contributed by atoms with Crippen LogP contribution >= 0.6 is 0 Å². The second kappa shape index (κ2) is 4.41. The first-order valence-corrected chi connectivity index (χ1v) is 5.94. The number of nitrogens with two attached hydrogens (primary N) is 1. The van der Waals surface area contributed by atoms with Crippen molar-refractivity contribution < 1.29 is 4.74 Å². The quantitative estimate of drug-likeness (QED) is 0.883. The van der Waals surface area contributed by atoms with E-state index in [0.29, 0.717) is 6.54 Å². The third-order valence-electron chi connectivity index (χ3n) is 3.51. The first-order chi connectivity index (χ1) is 8.11. The Kier molecular flexibility index (Phi) is 3.11. The smallest absolute Gasteiger partial charge is 0.143 e. The maximum absolute atomic E-state index is 5.70. The van der Waals surface area contributed by atoms with Crippen LogP contribution in [-0.4, -0.2) is 18.2 Å². The molecule has 0 spiro atoms. The molecule has 0 amide bonds. The molecule has 0 atom stereocenters. The molecule has 0 fully saturated rings. The predicted molar refractivity (Wildman–Crippen MR) is 71.8 cm³/mol. The largest absolute Gasteiger partial charge is 0.495 e. The van der Waals surface area contributed by atoms with Crippen molar-refractivity contribution in [3.8, 4) is 5.75 Å². The van der Waals surface area contributed by atoms with Gasteiger partial charge in [0.2, 0.25) is 0 Å². The monoisotopic (exact) mass is 232 g/mol. The highest BCUT2D eigenvalue weighted by Crippen LogP contribution is 2.34. The number of benzene rings is 1. The summed E-state index contributed by atoms with van der Waals surface area (Å²) >= 11 is 0. The van der Waals surface area contributed by atoms with Gasteiger partial charge < -0.3 is 15.0 Å². The van der Waals surface area contributed by atoms with E-state index >= 15 is 0 Å². The summed E-state index contributed by atoms with van der Waals surface area (Å²) in [7, 11) is 1.72. The Morgan fingerprint density at radius 3 is 2.53 bits per heavy atom. The van der Waals surface area contributed by atoms with Crippen molar-refractivity contribution in [3.05, 3.63) is 29.0 Å². The molecular formula is C14H20N2O. The molecule has 0 aliphatic heterocycles. The van der Waals surface area contributed by atoms with Crippen LogP contribution in [0.1, 0.15) is 16.8 Å². The molecule has 17 heavy (non-hydrogen) atoms. The van der Waals surface area contributed by atoms with Crippen molar-refractivity contribution in [1.82, 2.24) is 4.57 Å². The molecule has 92 valence electrons. The maximum Gasteiger partial charge on any atom is 0.143 e. The van der Waals surface area contributed by atoms with Crippen molar-refractivity contribution in [2.45, 2.75) is 27.3 Å². The Balaban J connectivity index is 2.88. The second-order valence-electron chi connectivity index (χ2n) is 4.46. The van der Waals surface area contributed by atoms with Crippen LogP contribution < -0.4 is 10.5 Å².